The van der Waals surface area contributed by atoms with Crippen molar-refractivity contribution in [2.45, 2.75) is 25.8 Å². The fraction of sp³-hybridized carbons (Fsp3) is 1.00. The molecule has 4 heteroatoms. The van der Waals surface area contributed by atoms with E-state index in [4.69, 9.17) is 9.47 Å². The summed E-state index contributed by atoms with van der Waals surface area (Å²) in [5.41, 5.74) is 0. The molecule has 4 nitrogen and oxygen atoms in total. The quantitative estimate of drug-likeness (QED) is 0.592. The lowest BCUT2D eigenvalue weighted by Crippen LogP contribution is -2.39. The molecule has 1 saturated heterocycles. The minimum absolute atomic E-state index is 0.559. The van der Waals surface area contributed by atoms with Crippen molar-refractivity contribution >= 4 is 0 Å². The van der Waals surface area contributed by atoms with Gasteiger partial charge in [-0.1, -0.05) is 0 Å². The predicted molar refractivity (Wildman–Crippen MR) is 65.8 cm³/mol. The number of methoxy groups -OCH3 is 1. The predicted octanol–water partition coefficient (Wildman–Crippen LogP) is 0.723. The van der Waals surface area contributed by atoms with Crippen LogP contribution in [0.25, 0.3) is 0 Å². The first-order valence-corrected chi connectivity index (χ1v) is 6.35. The Kier molecular flexibility index (Phi) is 7.76. The Balaban J connectivity index is 1.87. The van der Waals surface area contributed by atoms with Crippen LogP contribution < -0.4 is 5.32 Å². The minimum Gasteiger partial charge on any atom is -0.382 e. The number of rotatable bonds is 9. The summed E-state index contributed by atoms with van der Waals surface area (Å²) in [4.78, 5) is 2.53. The summed E-state index contributed by atoms with van der Waals surface area (Å²) in [5.74, 6) is 0. The van der Waals surface area contributed by atoms with E-state index in [1.54, 1.807) is 7.11 Å². The second-order valence-electron chi connectivity index (χ2n) is 4.47. The van der Waals surface area contributed by atoms with E-state index < -0.39 is 0 Å². The van der Waals surface area contributed by atoms with Crippen LogP contribution in [0.15, 0.2) is 0 Å². The largest absolute Gasteiger partial charge is 0.382 e. The highest BCUT2D eigenvalue weighted by atomic mass is 16.5. The van der Waals surface area contributed by atoms with Gasteiger partial charge in [0.1, 0.15) is 0 Å². The van der Waals surface area contributed by atoms with Crippen molar-refractivity contribution in [2.75, 3.05) is 53.1 Å². The smallest absolute Gasteiger partial charge is 0.0700 e. The molecule has 0 saturated carbocycles. The van der Waals surface area contributed by atoms with Gasteiger partial charge in [0.05, 0.1) is 19.8 Å². The maximum absolute atomic E-state index is 5.39. The van der Waals surface area contributed by atoms with Crippen LogP contribution in [0.2, 0.25) is 0 Å². The summed E-state index contributed by atoms with van der Waals surface area (Å²) in [6.45, 7) is 9.03. The summed E-state index contributed by atoms with van der Waals surface area (Å²) < 4.78 is 10.3. The summed E-state index contributed by atoms with van der Waals surface area (Å²) in [6, 6.07) is 0.559. The third-order valence-corrected chi connectivity index (χ3v) is 2.90. The Bertz CT molecular complexity index is 161. The summed E-state index contributed by atoms with van der Waals surface area (Å²) in [6.07, 6.45) is 2.74. The van der Waals surface area contributed by atoms with Crippen LogP contribution >= 0.6 is 0 Å². The highest BCUT2D eigenvalue weighted by Crippen LogP contribution is 2.07. The van der Waals surface area contributed by atoms with Crippen molar-refractivity contribution in [3.8, 4) is 0 Å². The Labute approximate surface area is 99.3 Å². The van der Waals surface area contributed by atoms with Gasteiger partial charge in [-0.2, -0.15) is 0 Å². The van der Waals surface area contributed by atoms with E-state index in [1.807, 2.05) is 0 Å². The maximum atomic E-state index is 5.39. The van der Waals surface area contributed by atoms with Crippen molar-refractivity contribution in [2.24, 2.45) is 0 Å². The molecule has 1 unspecified atom stereocenters. The standard InChI is InChI=1S/C12H26N2O2/c1-12(11-14-6-3-4-7-14)13-5-8-16-10-9-15-2/h12-13H,3-11H2,1-2H3. The number of hydrogen-bond acceptors (Lipinski definition) is 4. The second kappa shape index (κ2) is 8.93. The third kappa shape index (κ3) is 6.43. The summed E-state index contributed by atoms with van der Waals surface area (Å²) >= 11 is 0. The second-order valence-corrected chi connectivity index (χ2v) is 4.47. The Morgan fingerprint density at radius 2 is 1.94 bits per heavy atom. The summed E-state index contributed by atoms with van der Waals surface area (Å²) in [5, 5.41) is 3.48. The van der Waals surface area contributed by atoms with Crippen LogP contribution in [-0.4, -0.2) is 64.1 Å². The number of likely N-dealkylation sites (tertiary alicyclic amines) is 1. The van der Waals surface area contributed by atoms with Gasteiger partial charge in [-0.3, -0.25) is 0 Å². The van der Waals surface area contributed by atoms with Crippen molar-refractivity contribution in [1.82, 2.24) is 10.2 Å². The lowest BCUT2D eigenvalue weighted by molar-refractivity contribution is 0.0708. The molecule has 0 amide bonds. The van der Waals surface area contributed by atoms with Gasteiger partial charge in [0, 0.05) is 26.2 Å². The molecule has 0 aromatic carbocycles. The van der Waals surface area contributed by atoms with Crippen LogP contribution in [0.3, 0.4) is 0 Å². The molecule has 0 aliphatic carbocycles. The van der Waals surface area contributed by atoms with Crippen molar-refractivity contribution in [1.29, 1.82) is 0 Å². The Morgan fingerprint density at radius 3 is 2.62 bits per heavy atom. The monoisotopic (exact) mass is 230 g/mol. The Hall–Kier alpha value is -0.160. The van der Waals surface area contributed by atoms with E-state index in [-0.39, 0.29) is 0 Å². The SMILES string of the molecule is COCCOCCNC(C)CN1CCCC1. The van der Waals surface area contributed by atoms with Gasteiger partial charge >= 0.3 is 0 Å². The zero-order valence-corrected chi connectivity index (χ0v) is 10.7. The van der Waals surface area contributed by atoms with Gasteiger partial charge in [0.25, 0.3) is 0 Å². The zero-order valence-electron chi connectivity index (χ0n) is 10.7. The maximum Gasteiger partial charge on any atom is 0.0700 e. The third-order valence-electron chi connectivity index (χ3n) is 2.90. The van der Waals surface area contributed by atoms with Crippen LogP contribution in [0, 0.1) is 0 Å². The number of ether oxygens (including phenoxy) is 2. The van der Waals surface area contributed by atoms with Gasteiger partial charge in [-0.25, -0.2) is 0 Å². The molecule has 1 rings (SSSR count). The first-order chi connectivity index (χ1) is 7.83. The lowest BCUT2D eigenvalue weighted by Gasteiger charge is -2.21. The molecule has 96 valence electrons. The molecule has 0 aromatic rings. The molecule has 1 aliphatic heterocycles. The van der Waals surface area contributed by atoms with E-state index in [0.29, 0.717) is 19.3 Å². The molecular formula is C12H26N2O2. The molecule has 0 spiro atoms. The molecular weight excluding hydrogens is 204 g/mol. The number of nitrogens with zero attached hydrogens (tertiary/aromatic N) is 1. The molecule has 1 aliphatic rings. The average Bonchev–Trinajstić information content (AvgIpc) is 2.76. The average molecular weight is 230 g/mol. The van der Waals surface area contributed by atoms with Crippen LogP contribution in [0.1, 0.15) is 19.8 Å². The van der Waals surface area contributed by atoms with Crippen molar-refractivity contribution in [3.63, 3.8) is 0 Å². The topological polar surface area (TPSA) is 33.7 Å². The molecule has 1 heterocycles. The van der Waals surface area contributed by atoms with Crippen LogP contribution in [0.4, 0.5) is 0 Å². The van der Waals surface area contributed by atoms with Gasteiger partial charge in [-0.05, 0) is 32.9 Å². The first kappa shape index (κ1) is 13.9. The molecule has 1 fully saturated rings. The van der Waals surface area contributed by atoms with Crippen molar-refractivity contribution < 1.29 is 9.47 Å². The Morgan fingerprint density at radius 1 is 1.19 bits per heavy atom. The van der Waals surface area contributed by atoms with Gasteiger partial charge in [0.2, 0.25) is 0 Å². The normalized spacial score (nSPS) is 19.1. The zero-order chi connectivity index (χ0) is 11.6. The van der Waals surface area contributed by atoms with E-state index in [1.165, 1.54) is 25.9 Å². The van der Waals surface area contributed by atoms with Crippen molar-refractivity contribution in [3.05, 3.63) is 0 Å². The fourth-order valence-electron chi connectivity index (χ4n) is 2.04. The van der Waals surface area contributed by atoms with Crippen LogP contribution in [0.5, 0.6) is 0 Å². The molecule has 16 heavy (non-hydrogen) atoms. The van der Waals surface area contributed by atoms with Gasteiger partial charge < -0.3 is 19.7 Å². The first-order valence-electron chi connectivity index (χ1n) is 6.35. The van der Waals surface area contributed by atoms with E-state index in [0.717, 1.165) is 19.7 Å². The van der Waals surface area contributed by atoms with E-state index >= 15 is 0 Å². The van der Waals surface area contributed by atoms with E-state index in [9.17, 15) is 0 Å². The van der Waals surface area contributed by atoms with Crippen LogP contribution in [-0.2, 0) is 9.47 Å². The molecule has 0 bridgehead atoms. The fourth-order valence-corrected chi connectivity index (χ4v) is 2.04. The minimum atomic E-state index is 0.559. The lowest BCUT2D eigenvalue weighted by atomic mass is 10.3. The molecule has 1 N–H and O–H groups in total. The number of nitrogens with one attached hydrogen (secondary N) is 1. The molecule has 0 aromatic heterocycles. The molecule has 1 atom stereocenters. The van der Waals surface area contributed by atoms with Gasteiger partial charge in [0.15, 0.2) is 0 Å². The van der Waals surface area contributed by atoms with Gasteiger partial charge in [-0.15, -0.1) is 0 Å². The highest BCUT2D eigenvalue weighted by Gasteiger charge is 2.13. The van der Waals surface area contributed by atoms with E-state index in [2.05, 4.69) is 17.1 Å². The number of hydrogen-bond donors (Lipinski definition) is 1. The highest BCUT2D eigenvalue weighted by molar-refractivity contribution is 4.72. The molecule has 0 radical (unpaired) electrons. The summed E-state index contributed by atoms with van der Waals surface area (Å²) in [7, 11) is 1.69.